The van der Waals surface area contributed by atoms with Crippen LogP contribution >= 0.6 is 0 Å². The molecule has 318 valence electrons. The molecule has 0 aromatic heterocycles. The van der Waals surface area contributed by atoms with Gasteiger partial charge in [-0.1, -0.05) is 31.6 Å². The van der Waals surface area contributed by atoms with Gasteiger partial charge in [-0.3, -0.25) is 19.2 Å². The number of nitrogens with zero attached hydrogens (tertiary/aromatic N) is 2. The number of hydrogen-bond donors (Lipinski definition) is 2. The van der Waals surface area contributed by atoms with Crippen LogP contribution in [-0.4, -0.2) is 89.1 Å². The molecule has 3 fully saturated rings. The number of carbonyl (C=O) groups is 5. The van der Waals surface area contributed by atoms with E-state index in [0.29, 0.717) is 50.5 Å². The summed E-state index contributed by atoms with van der Waals surface area (Å²) < 4.78 is 21.8. The van der Waals surface area contributed by atoms with Crippen molar-refractivity contribution in [3.8, 4) is 5.75 Å². The zero-order valence-corrected chi connectivity index (χ0v) is 32.6. The molecule has 0 radical (unpaired) electrons. The fourth-order valence-corrected chi connectivity index (χ4v) is 9.98. The molecule has 0 amide bonds. The highest BCUT2D eigenvalue weighted by molar-refractivity contribution is 5.93. The van der Waals surface area contributed by atoms with Crippen LogP contribution in [0.1, 0.15) is 90.0 Å². The molecular weight excluding hydrogens is 766 g/mol. The van der Waals surface area contributed by atoms with Crippen LogP contribution in [-0.2, 0) is 49.5 Å². The van der Waals surface area contributed by atoms with E-state index in [1.54, 1.807) is 18.2 Å². The van der Waals surface area contributed by atoms with Gasteiger partial charge in [0.25, 0.3) is 10.2 Å². The number of ketones is 2. The second-order valence-corrected chi connectivity index (χ2v) is 16.0. The lowest BCUT2D eigenvalue weighted by Crippen LogP contribution is -2.63. The summed E-state index contributed by atoms with van der Waals surface area (Å²) in [5, 5.41) is 30.8. The van der Waals surface area contributed by atoms with Gasteiger partial charge in [0.05, 0.1) is 25.9 Å². The molecule has 58 heavy (non-hydrogen) atoms. The van der Waals surface area contributed by atoms with E-state index in [1.165, 1.54) is 12.1 Å². The summed E-state index contributed by atoms with van der Waals surface area (Å²) in [6, 6.07) is 5.01. The molecule has 4 aliphatic rings. The summed E-state index contributed by atoms with van der Waals surface area (Å²) in [5.74, 6) is -2.39. The van der Waals surface area contributed by atoms with Crippen LogP contribution in [0.15, 0.2) is 35.9 Å². The topological polar surface area (TPSA) is 273 Å². The van der Waals surface area contributed by atoms with Gasteiger partial charge in [0.2, 0.25) is 5.78 Å². The Labute approximate surface area is 334 Å². The Balaban J connectivity index is 1.22. The van der Waals surface area contributed by atoms with Crippen molar-refractivity contribution in [1.29, 1.82) is 0 Å². The van der Waals surface area contributed by atoms with Crippen LogP contribution < -0.4 is 10.5 Å². The molecule has 19 heteroatoms. The molecule has 0 spiro atoms. The summed E-state index contributed by atoms with van der Waals surface area (Å²) in [5.41, 5.74) is 4.36. The zero-order valence-electron chi connectivity index (χ0n) is 32.6. The normalized spacial score (nSPS) is 29.0. The van der Waals surface area contributed by atoms with Gasteiger partial charge < -0.3 is 39.5 Å². The van der Waals surface area contributed by atoms with Crippen LogP contribution in [0.4, 0.5) is 4.79 Å². The van der Waals surface area contributed by atoms with Crippen LogP contribution in [0.5, 0.6) is 5.75 Å². The number of allylic oxidation sites excluding steroid dienone is 1. The Bertz CT molecular complexity index is 1770. The van der Waals surface area contributed by atoms with Gasteiger partial charge in [-0.25, -0.2) is 4.79 Å². The van der Waals surface area contributed by atoms with Crippen molar-refractivity contribution in [3.63, 3.8) is 0 Å². The fraction of sp³-hybridized carbons (Fsp3) is 0.667. The molecule has 1 aromatic rings. The molecule has 2 unspecified atom stereocenters. The maximum atomic E-state index is 14.3. The standard InChI is InChI=1S/C39H51N3O16/c1-37-15-13-26(43)21-25(37)9-12-28-29-14-16-39(38(29,2)22-31(44)34(28)37,58-33(46)6-5-19-56-42(51)52)32(45)23-54-36(48)57-27-10-7-24(8-11-27)20-30(40)35(47)53-17-3-4-18-55-41(49)50/h7-8,10-11,21,28-31,34,44H,3-6,9,12-20,22-23,40H2,1-2H3/t28?,29?,30-,31-,34+,37-,38-,39-/m0/s1. The molecule has 0 bridgehead atoms. The number of Topliss-reactive ketones (excluding diaryl/α,β-unsaturated/α-hetero) is 1. The van der Waals surface area contributed by atoms with E-state index in [0.717, 1.165) is 5.57 Å². The molecule has 1 aromatic carbocycles. The molecular formula is C39H51N3O16. The predicted molar refractivity (Wildman–Crippen MR) is 197 cm³/mol. The van der Waals surface area contributed by atoms with Gasteiger partial charge in [0.15, 0.2) is 18.0 Å². The van der Waals surface area contributed by atoms with Crippen LogP contribution in [0.2, 0.25) is 0 Å². The van der Waals surface area contributed by atoms with E-state index in [-0.39, 0.29) is 81.2 Å². The monoisotopic (exact) mass is 817 g/mol. The lowest BCUT2D eigenvalue weighted by molar-refractivity contribution is -0.757. The maximum Gasteiger partial charge on any atom is 0.514 e. The average molecular weight is 818 g/mol. The van der Waals surface area contributed by atoms with Gasteiger partial charge in [0.1, 0.15) is 11.8 Å². The van der Waals surface area contributed by atoms with Crippen LogP contribution in [0.3, 0.4) is 0 Å². The van der Waals surface area contributed by atoms with Gasteiger partial charge >= 0.3 is 18.1 Å². The minimum atomic E-state index is -1.79. The van der Waals surface area contributed by atoms with E-state index < -0.39 is 69.2 Å². The highest BCUT2D eigenvalue weighted by atomic mass is 17.0. The largest absolute Gasteiger partial charge is 0.514 e. The Morgan fingerprint density at radius 3 is 2.29 bits per heavy atom. The minimum absolute atomic E-state index is 0.0147. The van der Waals surface area contributed by atoms with Crippen molar-refractivity contribution in [2.45, 2.75) is 109 Å². The summed E-state index contributed by atoms with van der Waals surface area (Å²) in [6.45, 7) is 2.65. The van der Waals surface area contributed by atoms with E-state index in [2.05, 4.69) is 16.6 Å². The maximum absolute atomic E-state index is 14.3. The van der Waals surface area contributed by atoms with Crippen molar-refractivity contribution in [2.24, 2.45) is 34.3 Å². The number of ether oxygens (including phenoxy) is 4. The number of esters is 2. The second-order valence-electron chi connectivity index (χ2n) is 16.0. The van der Waals surface area contributed by atoms with Crippen molar-refractivity contribution in [1.82, 2.24) is 0 Å². The predicted octanol–water partition coefficient (Wildman–Crippen LogP) is 3.95. The number of benzene rings is 1. The Hall–Kier alpha value is -5.17. The van der Waals surface area contributed by atoms with Gasteiger partial charge in [0, 0.05) is 18.3 Å². The van der Waals surface area contributed by atoms with E-state index in [4.69, 9.17) is 24.7 Å². The molecule has 19 nitrogen and oxygen atoms in total. The van der Waals surface area contributed by atoms with Gasteiger partial charge in [-0.15, -0.1) is 20.2 Å². The number of hydrogen-bond acceptors (Lipinski definition) is 17. The second kappa shape index (κ2) is 18.6. The van der Waals surface area contributed by atoms with E-state index in [1.807, 2.05) is 6.92 Å². The van der Waals surface area contributed by atoms with E-state index in [9.17, 15) is 49.3 Å². The van der Waals surface area contributed by atoms with Gasteiger partial charge in [-0.05, 0) is 111 Å². The summed E-state index contributed by atoms with van der Waals surface area (Å²) in [4.78, 5) is 94.4. The van der Waals surface area contributed by atoms with Crippen molar-refractivity contribution < 1.29 is 67.9 Å². The fourth-order valence-electron chi connectivity index (χ4n) is 9.98. The molecule has 8 atom stereocenters. The third kappa shape index (κ3) is 9.74. The molecule has 3 N–H and O–H groups in total. The highest BCUT2D eigenvalue weighted by Gasteiger charge is 2.70. The first-order chi connectivity index (χ1) is 27.5. The lowest BCUT2D eigenvalue weighted by Gasteiger charge is -2.60. The molecule has 0 aliphatic heterocycles. The number of carbonyl (C=O) groups excluding carboxylic acids is 5. The minimum Gasteiger partial charge on any atom is -0.465 e. The number of nitrogens with two attached hydrogens (primary N) is 1. The van der Waals surface area contributed by atoms with Crippen molar-refractivity contribution in [3.05, 3.63) is 61.7 Å². The first-order valence-corrected chi connectivity index (χ1v) is 19.6. The number of rotatable bonds is 19. The van der Waals surface area contributed by atoms with Crippen molar-refractivity contribution in [2.75, 3.05) is 26.4 Å². The summed E-state index contributed by atoms with van der Waals surface area (Å²) in [6.07, 6.45) is 3.09. The third-order valence-electron chi connectivity index (χ3n) is 12.7. The zero-order chi connectivity index (χ0) is 42.3. The van der Waals surface area contributed by atoms with Crippen molar-refractivity contribution >= 4 is 29.7 Å². The Morgan fingerprint density at radius 2 is 1.60 bits per heavy atom. The van der Waals surface area contributed by atoms with E-state index >= 15 is 0 Å². The first-order valence-electron chi connectivity index (χ1n) is 19.6. The molecule has 0 heterocycles. The average Bonchev–Trinajstić information content (AvgIpc) is 3.45. The summed E-state index contributed by atoms with van der Waals surface area (Å²) >= 11 is 0. The number of unbranched alkanes of at least 4 members (excludes halogenated alkanes) is 1. The molecule has 0 saturated heterocycles. The Morgan fingerprint density at radius 1 is 0.931 bits per heavy atom. The molecule has 4 aliphatic carbocycles. The summed E-state index contributed by atoms with van der Waals surface area (Å²) in [7, 11) is 0. The van der Waals surface area contributed by atoms with Crippen LogP contribution in [0, 0.1) is 48.8 Å². The molecule has 5 rings (SSSR count). The SMILES string of the molecule is C[C@]12CCC(=O)C=C1CCC1C3CC[C@](OC(=O)CCCO[N+](=O)[O-])(C(=O)COC(=O)Oc4ccc(C[C@H](N)C(=O)OCCCCO[N+](=O)[O-])cc4)[C@@]3(C)C[C@H](O)[C@@H]12. The first kappa shape index (κ1) is 43.9. The number of fused-ring (bicyclic) bond motifs is 5. The van der Waals surface area contributed by atoms with Gasteiger partial charge in [-0.2, -0.15) is 0 Å². The smallest absolute Gasteiger partial charge is 0.465 e. The number of aliphatic hydroxyl groups is 1. The highest BCUT2D eigenvalue weighted by Crippen LogP contribution is 2.68. The quantitative estimate of drug-likeness (QED) is 0.0499. The van der Waals surface area contributed by atoms with Crippen LogP contribution in [0.25, 0.3) is 0 Å². The molecule has 3 saturated carbocycles. The lowest BCUT2D eigenvalue weighted by atomic mass is 9.45. The number of aliphatic hydroxyl groups excluding tert-OH is 1. The Kier molecular flexibility index (Phi) is 14.1. The third-order valence-corrected chi connectivity index (χ3v) is 12.7.